The summed E-state index contributed by atoms with van der Waals surface area (Å²) in [5, 5.41) is 10.8. The van der Waals surface area contributed by atoms with E-state index in [1.165, 1.54) is 5.56 Å². The van der Waals surface area contributed by atoms with Crippen LogP contribution in [-0.2, 0) is 13.0 Å². The number of nitrogens with two attached hydrogens (primary N) is 1. The van der Waals surface area contributed by atoms with Crippen LogP contribution in [0, 0.1) is 0 Å². The highest BCUT2D eigenvalue weighted by molar-refractivity contribution is 5.25. The van der Waals surface area contributed by atoms with Crippen LogP contribution in [-0.4, -0.2) is 15.2 Å². The fourth-order valence-electron chi connectivity index (χ4n) is 1.60. The van der Waals surface area contributed by atoms with Crippen LogP contribution in [0.1, 0.15) is 37.0 Å². The molecule has 0 aliphatic carbocycles. The average molecular weight is 247 g/mol. The Balaban J connectivity index is 2.02. The Bertz CT molecular complexity index is 509. The summed E-state index contributed by atoms with van der Waals surface area (Å²) >= 11 is 0. The van der Waals surface area contributed by atoms with Crippen LogP contribution in [0.25, 0.3) is 0 Å². The molecular weight excluding hydrogens is 230 g/mol. The maximum atomic E-state index is 5.64. The summed E-state index contributed by atoms with van der Waals surface area (Å²) in [4.78, 5) is 4.33. The number of hydrogen-bond acceptors (Lipinski definition) is 6. The first-order chi connectivity index (χ1) is 8.70. The number of hydrogen-bond donors (Lipinski definition) is 2. The highest BCUT2D eigenvalue weighted by atomic mass is 16.4. The van der Waals surface area contributed by atoms with E-state index in [2.05, 4.69) is 33.5 Å². The second kappa shape index (κ2) is 5.59. The smallest absolute Gasteiger partial charge is 0.315 e. The number of anilines is 1. The van der Waals surface area contributed by atoms with Gasteiger partial charge >= 0.3 is 6.01 Å². The van der Waals surface area contributed by atoms with Crippen molar-refractivity contribution < 1.29 is 4.42 Å². The summed E-state index contributed by atoms with van der Waals surface area (Å²) in [5.41, 5.74) is 7.84. The zero-order valence-electron chi connectivity index (χ0n) is 10.6. The predicted molar refractivity (Wildman–Crippen MR) is 67.8 cm³/mol. The quantitative estimate of drug-likeness (QED) is 0.835. The summed E-state index contributed by atoms with van der Waals surface area (Å²) in [6.07, 6.45) is 2.72. The SMILES string of the molecule is CCc1cccnc1CNc1nnc(C(C)N)o1. The van der Waals surface area contributed by atoms with Gasteiger partial charge in [0.25, 0.3) is 0 Å². The van der Waals surface area contributed by atoms with Gasteiger partial charge in [0, 0.05) is 6.20 Å². The van der Waals surface area contributed by atoms with E-state index in [9.17, 15) is 0 Å². The second-order valence-electron chi connectivity index (χ2n) is 4.05. The largest absolute Gasteiger partial charge is 0.406 e. The van der Waals surface area contributed by atoms with Crippen molar-refractivity contribution in [3.63, 3.8) is 0 Å². The Morgan fingerprint density at radius 2 is 2.28 bits per heavy atom. The molecule has 1 unspecified atom stereocenters. The fourth-order valence-corrected chi connectivity index (χ4v) is 1.60. The second-order valence-corrected chi connectivity index (χ2v) is 4.05. The molecule has 2 aromatic heterocycles. The van der Waals surface area contributed by atoms with Gasteiger partial charge < -0.3 is 15.5 Å². The minimum Gasteiger partial charge on any atom is -0.406 e. The van der Waals surface area contributed by atoms with Gasteiger partial charge in [0.15, 0.2) is 0 Å². The van der Waals surface area contributed by atoms with E-state index in [0.29, 0.717) is 18.5 Å². The normalized spacial score (nSPS) is 12.4. The van der Waals surface area contributed by atoms with Gasteiger partial charge in [0.2, 0.25) is 5.89 Å². The monoisotopic (exact) mass is 247 g/mol. The molecule has 0 aliphatic heterocycles. The predicted octanol–water partition coefficient (Wildman–Crippen LogP) is 1.66. The number of nitrogens with zero attached hydrogens (tertiary/aromatic N) is 3. The van der Waals surface area contributed by atoms with Crippen molar-refractivity contribution in [1.82, 2.24) is 15.2 Å². The molecule has 2 rings (SSSR count). The molecule has 18 heavy (non-hydrogen) atoms. The highest BCUT2D eigenvalue weighted by Crippen LogP contribution is 2.13. The molecule has 0 aromatic carbocycles. The Morgan fingerprint density at radius 1 is 1.44 bits per heavy atom. The molecule has 3 N–H and O–H groups in total. The minimum atomic E-state index is -0.255. The number of nitrogens with one attached hydrogen (secondary N) is 1. The standard InChI is InChI=1S/C12H17N5O/c1-3-9-5-4-6-14-10(9)7-15-12-17-16-11(18-12)8(2)13/h4-6,8H,3,7,13H2,1-2H3,(H,15,17). The van der Waals surface area contributed by atoms with Crippen molar-refractivity contribution >= 4 is 6.01 Å². The molecule has 0 fully saturated rings. The molecule has 1 atom stereocenters. The summed E-state index contributed by atoms with van der Waals surface area (Å²) in [6.45, 7) is 4.46. The molecule has 2 heterocycles. The lowest BCUT2D eigenvalue weighted by Crippen LogP contribution is -2.05. The third kappa shape index (κ3) is 2.84. The molecule has 6 nitrogen and oxygen atoms in total. The lowest BCUT2D eigenvalue weighted by molar-refractivity contribution is 0.472. The molecule has 0 radical (unpaired) electrons. The molecule has 0 saturated heterocycles. The lowest BCUT2D eigenvalue weighted by atomic mass is 10.1. The first kappa shape index (κ1) is 12.5. The lowest BCUT2D eigenvalue weighted by Gasteiger charge is -2.06. The van der Waals surface area contributed by atoms with Crippen LogP contribution in [0.3, 0.4) is 0 Å². The molecule has 0 amide bonds. The fraction of sp³-hybridized carbons (Fsp3) is 0.417. The Labute approximate surface area is 106 Å². The summed E-state index contributed by atoms with van der Waals surface area (Å²) in [7, 11) is 0. The summed E-state index contributed by atoms with van der Waals surface area (Å²) in [6, 6.07) is 4.11. The van der Waals surface area contributed by atoms with Crippen LogP contribution < -0.4 is 11.1 Å². The van der Waals surface area contributed by atoms with E-state index >= 15 is 0 Å². The summed E-state index contributed by atoms with van der Waals surface area (Å²) in [5.74, 6) is 0.425. The number of aryl methyl sites for hydroxylation is 1. The highest BCUT2D eigenvalue weighted by Gasteiger charge is 2.10. The average Bonchev–Trinajstić information content (AvgIpc) is 2.85. The summed E-state index contributed by atoms with van der Waals surface area (Å²) < 4.78 is 5.35. The molecule has 0 spiro atoms. The molecule has 0 bridgehead atoms. The van der Waals surface area contributed by atoms with Gasteiger partial charge in [-0.2, -0.15) is 0 Å². The van der Waals surface area contributed by atoms with Gasteiger partial charge in [-0.1, -0.05) is 18.1 Å². The van der Waals surface area contributed by atoms with Crippen LogP contribution >= 0.6 is 0 Å². The van der Waals surface area contributed by atoms with Crippen molar-refractivity contribution in [3.8, 4) is 0 Å². The van der Waals surface area contributed by atoms with E-state index in [1.54, 1.807) is 13.1 Å². The molecule has 0 aliphatic rings. The first-order valence-electron chi connectivity index (χ1n) is 5.96. The van der Waals surface area contributed by atoms with E-state index in [4.69, 9.17) is 10.2 Å². The van der Waals surface area contributed by atoms with Crippen LogP contribution in [0.5, 0.6) is 0 Å². The Hall–Kier alpha value is -1.95. The van der Waals surface area contributed by atoms with Gasteiger partial charge in [-0.15, -0.1) is 5.10 Å². The Kier molecular flexibility index (Phi) is 3.88. The van der Waals surface area contributed by atoms with Gasteiger partial charge in [-0.25, -0.2) is 0 Å². The van der Waals surface area contributed by atoms with Crippen LogP contribution in [0.15, 0.2) is 22.7 Å². The van der Waals surface area contributed by atoms with E-state index in [1.807, 2.05) is 6.07 Å². The first-order valence-corrected chi connectivity index (χ1v) is 5.96. The van der Waals surface area contributed by atoms with Gasteiger partial charge in [-0.05, 0) is 25.0 Å². The maximum absolute atomic E-state index is 5.64. The topological polar surface area (TPSA) is 89.9 Å². The van der Waals surface area contributed by atoms with Crippen LogP contribution in [0.2, 0.25) is 0 Å². The minimum absolute atomic E-state index is 0.255. The molecule has 6 heteroatoms. The zero-order valence-corrected chi connectivity index (χ0v) is 10.6. The van der Waals surface area contributed by atoms with Crippen LogP contribution in [0.4, 0.5) is 6.01 Å². The van der Waals surface area contributed by atoms with Crippen molar-refractivity contribution in [2.45, 2.75) is 32.9 Å². The molecule has 2 aromatic rings. The van der Waals surface area contributed by atoms with E-state index in [0.717, 1.165) is 12.1 Å². The number of pyridine rings is 1. The number of rotatable bonds is 5. The maximum Gasteiger partial charge on any atom is 0.315 e. The third-order valence-electron chi connectivity index (χ3n) is 2.60. The molecule has 0 saturated carbocycles. The van der Waals surface area contributed by atoms with Gasteiger partial charge in [0.05, 0.1) is 18.3 Å². The van der Waals surface area contributed by atoms with Crippen molar-refractivity contribution in [2.75, 3.05) is 5.32 Å². The molecular formula is C12H17N5O. The number of aromatic nitrogens is 3. The third-order valence-corrected chi connectivity index (χ3v) is 2.60. The van der Waals surface area contributed by atoms with Gasteiger partial charge in [0.1, 0.15) is 0 Å². The van der Waals surface area contributed by atoms with Crippen molar-refractivity contribution in [3.05, 3.63) is 35.5 Å². The van der Waals surface area contributed by atoms with E-state index in [-0.39, 0.29) is 6.04 Å². The Morgan fingerprint density at radius 3 is 2.94 bits per heavy atom. The van der Waals surface area contributed by atoms with Crippen molar-refractivity contribution in [1.29, 1.82) is 0 Å². The zero-order chi connectivity index (χ0) is 13.0. The van der Waals surface area contributed by atoms with E-state index < -0.39 is 0 Å². The molecule has 96 valence electrons. The van der Waals surface area contributed by atoms with Gasteiger partial charge in [-0.3, -0.25) is 4.98 Å². The van der Waals surface area contributed by atoms with Crippen molar-refractivity contribution in [2.24, 2.45) is 5.73 Å².